The Morgan fingerprint density at radius 1 is 1.35 bits per heavy atom. The molecule has 2 aliphatic rings. The molecule has 0 bridgehead atoms. The van der Waals surface area contributed by atoms with Crippen molar-refractivity contribution in [3.63, 3.8) is 0 Å². The molecule has 3 heterocycles. The second-order valence-electron chi connectivity index (χ2n) is 6.39. The van der Waals surface area contributed by atoms with Gasteiger partial charge in [-0.1, -0.05) is 6.07 Å². The lowest BCUT2D eigenvalue weighted by Gasteiger charge is -2.37. The minimum absolute atomic E-state index is 0.130. The van der Waals surface area contributed by atoms with E-state index in [0.29, 0.717) is 32.1 Å². The fourth-order valence-electron chi connectivity index (χ4n) is 3.29. The SMILES string of the molecule is CN=C(NCc1cccc(OC)n1)N1CCN(C(=O)C2CCCO2)CC1. The minimum atomic E-state index is -0.238. The number of aliphatic imine (C=N–C) groups is 1. The maximum Gasteiger partial charge on any atom is 0.251 e. The molecule has 8 nitrogen and oxygen atoms in total. The van der Waals surface area contributed by atoms with Gasteiger partial charge < -0.3 is 24.6 Å². The smallest absolute Gasteiger partial charge is 0.251 e. The standard InChI is InChI=1S/C18H27N5O3/c1-19-18(20-13-14-5-3-7-16(21-14)25-2)23-10-8-22(9-11-23)17(24)15-6-4-12-26-15/h3,5,7,15H,4,6,8-13H2,1-2H3,(H,19,20). The van der Waals surface area contributed by atoms with Crippen LogP contribution in [0.4, 0.5) is 0 Å². The highest BCUT2D eigenvalue weighted by Crippen LogP contribution is 2.16. The van der Waals surface area contributed by atoms with E-state index in [9.17, 15) is 4.79 Å². The number of hydrogen-bond acceptors (Lipinski definition) is 5. The van der Waals surface area contributed by atoms with Gasteiger partial charge in [0.05, 0.1) is 19.3 Å². The molecule has 0 aromatic carbocycles. The first-order valence-electron chi connectivity index (χ1n) is 9.07. The topological polar surface area (TPSA) is 79.3 Å². The first kappa shape index (κ1) is 18.4. The zero-order valence-corrected chi connectivity index (χ0v) is 15.5. The van der Waals surface area contributed by atoms with Gasteiger partial charge in [0.25, 0.3) is 5.91 Å². The van der Waals surface area contributed by atoms with Crippen LogP contribution in [0.2, 0.25) is 0 Å². The van der Waals surface area contributed by atoms with E-state index in [-0.39, 0.29) is 12.0 Å². The molecule has 3 rings (SSSR count). The van der Waals surface area contributed by atoms with Gasteiger partial charge in [0, 0.05) is 45.9 Å². The van der Waals surface area contributed by atoms with Crippen LogP contribution in [-0.2, 0) is 16.1 Å². The average molecular weight is 361 g/mol. The summed E-state index contributed by atoms with van der Waals surface area (Å²) in [6.07, 6.45) is 1.58. The first-order chi connectivity index (χ1) is 12.7. The number of hydrogen-bond donors (Lipinski definition) is 1. The number of nitrogens with one attached hydrogen (secondary N) is 1. The normalized spacial score (nSPS) is 21.0. The molecule has 1 aromatic heterocycles. The number of methoxy groups -OCH3 is 1. The molecule has 0 spiro atoms. The van der Waals surface area contributed by atoms with Crippen LogP contribution in [0.25, 0.3) is 0 Å². The Morgan fingerprint density at radius 3 is 2.77 bits per heavy atom. The lowest BCUT2D eigenvalue weighted by atomic mass is 10.2. The number of carbonyl (C=O) groups excluding carboxylic acids is 1. The number of rotatable bonds is 4. The molecule has 142 valence electrons. The number of pyridine rings is 1. The Balaban J connectivity index is 1.49. The molecule has 1 amide bonds. The van der Waals surface area contributed by atoms with E-state index in [2.05, 4.69) is 20.2 Å². The summed E-state index contributed by atoms with van der Waals surface area (Å²) >= 11 is 0. The second-order valence-corrected chi connectivity index (χ2v) is 6.39. The average Bonchev–Trinajstić information content (AvgIpc) is 3.23. The lowest BCUT2D eigenvalue weighted by molar-refractivity contribution is -0.142. The predicted octanol–water partition coefficient (Wildman–Crippen LogP) is 0.489. The number of nitrogens with zero attached hydrogens (tertiary/aromatic N) is 4. The van der Waals surface area contributed by atoms with Gasteiger partial charge in [-0.25, -0.2) is 4.98 Å². The molecule has 1 atom stereocenters. The summed E-state index contributed by atoms with van der Waals surface area (Å²) < 4.78 is 10.7. The number of carbonyl (C=O) groups is 1. The summed E-state index contributed by atoms with van der Waals surface area (Å²) in [7, 11) is 3.38. The molecule has 2 aliphatic heterocycles. The molecule has 2 fully saturated rings. The monoisotopic (exact) mass is 361 g/mol. The Bertz CT molecular complexity index is 637. The molecular weight excluding hydrogens is 334 g/mol. The molecule has 2 saturated heterocycles. The molecule has 0 saturated carbocycles. The minimum Gasteiger partial charge on any atom is -0.481 e. The Kier molecular flexibility index (Phi) is 6.27. The maximum absolute atomic E-state index is 12.4. The summed E-state index contributed by atoms with van der Waals surface area (Å²) in [5.41, 5.74) is 0.887. The van der Waals surface area contributed by atoms with Gasteiger partial charge in [-0.2, -0.15) is 0 Å². The summed E-state index contributed by atoms with van der Waals surface area (Å²) in [4.78, 5) is 25.3. The number of amides is 1. The van der Waals surface area contributed by atoms with Crippen LogP contribution >= 0.6 is 0 Å². The number of aromatic nitrogens is 1. The first-order valence-corrected chi connectivity index (χ1v) is 9.07. The Morgan fingerprint density at radius 2 is 2.12 bits per heavy atom. The highest BCUT2D eigenvalue weighted by Gasteiger charge is 2.30. The van der Waals surface area contributed by atoms with Gasteiger partial charge >= 0.3 is 0 Å². The van der Waals surface area contributed by atoms with E-state index < -0.39 is 0 Å². The van der Waals surface area contributed by atoms with Crippen molar-refractivity contribution in [3.8, 4) is 5.88 Å². The molecule has 1 unspecified atom stereocenters. The van der Waals surface area contributed by atoms with Crippen LogP contribution in [0.3, 0.4) is 0 Å². The van der Waals surface area contributed by atoms with Crippen LogP contribution in [0.5, 0.6) is 5.88 Å². The van der Waals surface area contributed by atoms with Crippen LogP contribution in [-0.4, -0.2) is 79.7 Å². The number of ether oxygens (including phenoxy) is 2. The molecule has 8 heteroatoms. The van der Waals surface area contributed by atoms with Crippen molar-refractivity contribution in [2.24, 2.45) is 4.99 Å². The molecule has 26 heavy (non-hydrogen) atoms. The highest BCUT2D eigenvalue weighted by molar-refractivity contribution is 5.82. The lowest BCUT2D eigenvalue weighted by Crippen LogP contribution is -2.55. The van der Waals surface area contributed by atoms with Gasteiger partial charge in [-0.05, 0) is 18.9 Å². The molecule has 1 N–H and O–H groups in total. The van der Waals surface area contributed by atoms with E-state index >= 15 is 0 Å². The summed E-state index contributed by atoms with van der Waals surface area (Å²) in [5.74, 6) is 1.55. The van der Waals surface area contributed by atoms with Gasteiger partial charge in [0.15, 0.2) is 5.96 Å². The van der Waals surface area contributed by atoms with E-state index in [0.717, 1.165) is 37.6 Å². The summed E-state index contributed by atoms with van der Waals surface area (Å²) in [5, 5.41) is 3.34. The highest BCUT2D eigenvalue weighted by atomic mass is 16.5. The van der Waals surface area contributed by atoms with Gasteiger partial charge in [0.1, 0.15) is 6.10 Å². The van der Waals surface area contributed by atoms with Crippen molar-refractivity contribution in [1.82, 2.24) is 20.1 Å². The number of guanidine groups is 1. The van der Waals surface area contributed by atoms with Crippen molar-refractivity contribution in [3.05, 3.63) is 23.9 Å². The maximum atomic E-state index is 12.4. The van der Waals surface area contributed by atoms with E-state index in [1.807, 2.05) is 23.1 Å². The molecule has 0 aliphatic carbocycles. The van der Waals surface area contributed by atoms with Crippen molar-refractivity contribution in [2.75, 3.05) is 46.9 Å². The van der Waals surface area contributed by atoms with Gasteiger partial charge in [0.2, 0.25) is 5.88 Å². The van der Waals surface area contributed by atoms with Crippen LogP contribution in [0, 0.1) is 0 Å². The Labute approximate surface area is 154 Å². The van der Waals surface area contributed by atoms with E-state index in [1.165, 1.54) is 0 Å². The van der Waals surface area contributed by atoms with Gasteiger partial charge in [-0.3, -0.25) is 9.79 Å². The van der Waals surface area contributed by atoms with Crippen LogP contribution in [0.15, 0.2) is 23.2 Å². The van der Waals surface area contributed by atoms with E-state index in [1.54, 1.807) is 14.2 Å². The second kappa shape index (κ2) is 8.84. The van der Waals surface area contributed by atoms with Gasteiger partial charge in [-0.15, -0.1) is 0 Å². The molecule has 1 aromatic rings. The fourth-order valence-corrected chi connectivity index (χ4v) is 3.29. The third-order valence-electron chi connectivity index (χ3n) is 4.73. The number of piperazine rings is 1. The fraction of sp³-hybridized carbons (Fsp3) is 0.611. The summed E-state index contributed by atoms with van der Waals surface area (Å²) in [6, 6.07) is 5.69. The predicted molar refractivity (Wildman–Crippen MR) is 98.1 cm³/mol. The molecule has 0 radical (unpaired) electrons. The van der Waals surface area contributed by atoms with Crippen molar-refractivity contribution in [2.45, 2.75) is 25.5 Å². The third kappa shape index (κ3) is 4.43. The van der Waals surface area contributed by atoms with Crippen molar-refractivity contribution in [1.29, 1.82) is 0 Å². The largest absolute Gasteiger partial charge is 0.481 e. The van der Waals surface area contributed by atoms with Crippen LogP contribution in [0.1, 0.15) is 18.5 Å². The zero-order chi connectivity index (χ0) is 18.4. The Hall–Kier alpha value is -2.35. The van der Waals surface area contributed by atoms with E-state index in [4.69, 9.17) is 9.47 Å². The molecular formula is C18H27N5O3. The zero-order valence-electron chi connectivity index (χ0n) is 15.5. The quantitative estimate of drug-likeness (QED) is 0.621. The van der Waals surface area contributed by atoms with Crippen LogP contribution < -0.4 is 10.1 Å². The third-order valence-corrected chi connectivity index (χ3v) is 4.73. The van der Waals surface area contributed by atoms with Crippen molar-refractivity contribution >= 4 is 11.9 Å². The summed E-state index contributed by atoms with van der Waals surface area (Å²) in [6.45, 7) is 4.16. The van der Waals surface area contributed by atoms with Crippen molar-refractivity contribution < 1.29 is 14.3 Å².